The van der Waals surface area contributed by atoms with E-state index in [4.69, 9.17) is 4.74 Å². The second-order valence-electron chi connectivity index (χ2n) is 7.85. The van der Waals surface area contributed by atoms with Crippen LogP contribution in [0.4, 0.5) is 10.5 Å². The first-order valence-corrected chi connectivity index (χ1v) is 10.8. The predicted molar refractivity (Wildman–Crippen MR) is 96.2 cm³/mol. The largest absolute Gasteiger partial charge is 0.380 e. The highest BCUT2D eigenvalue weighted by Crippen LogP contribution is 2.39. The Morgan fingerprint density at radius 3 is 2.40 bits per heavy atom. The van der Waals surface area contributed by atoms with Gasteiger partial charge in [0.05, 0.1) is 19.0 Å². The topological polar surface area (TPSA) is 79.8 Å². The molecule has 5 rings (SSSR count). The Balaban J connectivity index is 1.44. The molecule has 7 heteroatoms. The summed E-state index contributed by atoms with van der Waals surface area (Å²) < 4.78 is 25.1. The molecule has 25 heavy (non-hydrogen) atoms. The van der Waals surface area contributed by atoms with E-state index in [-0.39, 0.29) is 5.41 Å². The number of fused-ring (bicyclic) bond motifs is 2. The highest BCUT2D eigenvalue weighted by atomic mass is 32.2. The fourth-order valence-corrected chi connectivity index (χ4v) is 6.83. The monoisotopic (exact) mass is 361 g/mol. The van der Waals surface area contributed by atoms with Gasteiger partial charge in [0.1, 0.15) is 9.92 Å². The molecule has 1 aromatic rings. The van der Waals surface area contributed by atoms with Crippen LogP contribution in [0.2, 0.25) is 0 Å². The van der Waals surface area contributed by atoms with Gasteiger partial charge in [-0.05, 0) is 60.8 Å². The smallest absolute Gasteiger partial charge is 0.354 e. The summed E-state index contributed by atoms with van der Waals surface area (Å²) in [6.45, 7) is 1.82. The van der Waals surface area contributed by atoms with Gasteiger partial charge in [-0.15, -0.1) is 4.36 Å². The quantitative estimate of drug-likeness (QED) is 0.805. The van der Waals surface area contributed by atoms with Gasteiger partial charge in [-0.25, -0.2) is 13.7 Å². The van der Waals surface area contributed by atoms with E-state index in [1.54, 1.807) is 0 Å². The molecular formula is C18H23N3O3S. The number of rotatable bonds is 1. The van der Waals surface area contributed by atoms with Gasteiger partial charge in [-0.1, -0.05) is 6.07 Å². The van der Waals surface area contributed by atoms with Gasteiger partial charge in [0.25, 0.3) is 0 Å². The van der Waals surface area contributed by atoms with Crippen molar-refractivity contribution in [3.63, 3.8) is 0 Å². The SMILES string of the molecule is O=C(N=S1(=O)CC2(CN1)COC2)Nc1c2c(cc3c1CCC3)CCC2. The van der Waals surface area contributed by atoms with Crippen molar-refractivity contribution in [2.24, 2.45) is 9.78 Å². The number of urea groups is 1. The highest BCUT2D eigenvalue weighted by molar-refractivity contribution is 7.92. The minimum absolute atomic E-state index is 0.0872. The van der Waals surface area contributed by atoms with Crippen LogP contribution in [0, 0.1) is 5.41 Å². The number of benzene rings is 1. The number of hydrogen-bond acceptors (Lipinski definition) is 3. The summed E-state index contributed by atoms with van der Waals surface area (Å²) in [6, 6.07) is 1.85. The summed E-state index contributed by atoms with van der Waals surface area (Å²) in [5, 5.41) is 3.00. The van der Waals surface area contributed by atoms with Crippen molar-refractivity contribution in [2.45, 2.75) is 38.5 Å². The van der Waals surface area contributed by atoms with Crippen LogP contribution in [-0.2, 0) is 40.3 Å². The van der Waals surface area contributed by atoms with E-state index >= 15 is 0 Å². The zero-order chi connectivity index (χ0) is 17.1. The van der Waals surface area contributed by atoms with Crippen LogP contribution in [0.3, 0.4) is 0 Å². The zero-order valence-corrected chi connectivity index (χ0v) is 15.0. The van der Waals surface area contributed by atoms with Gasteiger partial charge < -0.3 is 10.1 Å². The minimum atomic E-state index is -2.69. The molecule has 0 radical (unpaired) electrons. The molecule has 4 aliphatic rings. The molecule has 2 aliphatic carbocycles. The van der Waals surface area contributed by atoms with Crippen molar-refractivity contribution in [1.29, 1.82) is 0 Å². The Morgan fingerprint density at radius 2 is 1.84 bits per heavy atom. The Morgan fingerprint density at radius 1 is 1.16 bits per heavy atom. The summed E-state index contributed by atoms with van der Waals surface area (Å²) in [4.78, 5) is 12.6. The average Bonchev–Trinajstić information content (AvgIpc) is 3.23. The Hall–Kier alpha value is -1.44. The van der Waals surface area contributed by atoms with Crippen LogP contribution in [-0.4, -0.2) is 35.8 Å². The molecule has 0 aromatic heterocycles. The zero-order valence-electron chi connectivity index (χ0n) is 14.2. The van der Waals surface area contributed by atoms with Crippen molar-refractivity contribution in [3.8, 4) is 0 Å². The number of anilines is 1. The average molecular weight is 361 g/mol. The van der Waals surface area contributed by atoms with Gasteiger partial charge >= 0.3 is 6.03 Å². The molecule has 1 aromatic carbocycles. The van der Waals surface area contributed by atoms with Crippen LogP contribution in [0.25, 0.3) is 0 Å². The first-order chi connectivity index (χ1) is 12.1. The summed E-state index contributed by atoms with van der Waals surface area (Å²) >= 11 is 0. The molecule has 1 unspecified atom stereocenters. The lowest BCUT2D eigenvalue weighted by atomic mass is 9.89. The number of carbonyl (C=O) groups is 1. The number of nitrogens with zero attached hydrogens (tertiary/aromatic N) is 1. The molecule has 134 valence electrons. The Labute approximate surface area is 148 Å². The molecular weight excluding hydrogens is 338 g/mol. The maximum Gasteiger partial charge on any atom is 0.354 e. The first kappa shape index (κ1) is 15.8. The summed E-state index contributed by atoms with van der Waals surface area (Å²) in [6.07, 6.45) is 6.46. The van der Waals surface area contributed by atoms with Gasteiger partial charge in [0, 0.05) is 17.6 Å². The van der Waals surface area contributed by atoms with E-state index in [1.165, 1.54) is 22.3 Å². The van der Waals surface area contributed by atoms with Gasteiger partial charge in [-0.3, -0.25) is 0 Å². The van der Waals surface area contributed by atoms with Crippen LogP contribution in [0.5, 0.6) is 0 Å². The van der Waals surface area contributed by atoms with Gasteiger partial charge in [0.2, 0.25) is 0 Å². The fourth-order valence-electron chi connectivity index (χ4n) is 4.65. The molecule has 2 saturated heterocycles. The molecule has 1 atom stereocenters. The second kappa shape index (κ2) is 5.53. The van der Waals surface area contributed by atoms with E-state index < -0.39 is 15.9 Å². The highest BCUT2D eigenvalue weighted by Gasteiger charge is 2.47. The van der Waals surface area contributed by atoms with Crippen LogP contribution in [0.1, 0.15) is 35.1 Å². The molecule has 2 fully saturated rings. The third-order valence-corrected chi connectivity index (χ3v) is 7.99. The van der Waals surface area contributed by atoms with E-state index in [1.807, 2.05) is 0 Å². The minimum Gasteiger partial charge on any atom is -0.380 e. The van der Waals surface area contributed by atoms with Crippen LogP contribution in [0.15, 0.2) is 10.4 Å². The molecule has 2 amide bonds. The second-order valence-corrected chi connectivity index (χ2v) is 9.89. The third-order valence-electron chi connectivity index (χ3n) is 5.93. The van der Waals surface area contributed by atoms with Crippen molar-refractivity contribution in [3.05, 3.63) is 28.3 Å². The van der Waals surface area contributed by atoms with Crippen LogP contribution < -0.4 is 10.0 Å². The van der Waals surface area contributed by atoms with E-state index in [0.717, 1.165) is 44.2 Å². The summed E-state index contributed by atoms with van der Waals surface area (Å²) in [7, 11) is -2.69. The van der Waals surface area contributed by atoms with E-state index in [0.29, 0.717) is 25.5 Å². The molecule has 2 N–H and O–H groups in total. The van der Waals surface area contributed by atoms with E-state index in [2.05, 4.69) is 20.5 Å². The third kappa shape index (κ3) is 2.60. The lowest BCUT2D eigenvalue weighted by Gasteiger charge is -2.35. The number of aryl methyl sites for hydroxylation is 2. The molecule has 1 spiro atoms. The Kier molecular flexibility index (Phi) is 3.49. The molecule has 6 nitrogen and oxygen atoms in total. The summed E-state index contributed by atoms with van der Waals surface area (Å²) in [5.41, 5.74) is 6.13. The first-order valence-electron chi connectivity index (χ1n) is 9.11. The summed E-state index contributed by atoms with van der Waals surface area (Å²) in [5.74, 6) is 0.401. The standard InChI is InChI=1S/C18H23N3O3S/c22-17(21-25(23)11-18(8-19-25)9-24-10-18)20-16-14-5-1-3-12(14)7-13-4-2-6-15(13)16/h7H,1-6,8-11H2,(H2,19,20,21,22,23). The molecule has 0 saturated carbocycles. The van der Waals surface area contributed by atoms with Crippen molar-refractivity contribution in [1.82, 2.24) is 4.72 Å². The maximum atomic E-state index is 12.9. The van der Waals surface area contributed by atoms with Crippen molar-refractivity contribution >= 4 is 21.6 Å². The van der Waals surface area contributed by atoms with E-state index in [9.17, 15) is 9.00 Å². The lowest BCUT2D eigenvalue weighted by Crippen LogP contribution is -2.46. The lowest BCUT2D eigenvalue weighted by molar-refractivity contribution is -0.0896. The molecule has 2 heterocycles. The fraction of sp³-hybridized carbons (Fsp3) is 0.611. The van der Waals surface area contributed by atoms with Gasteiger partial charge in [0.15, 0.2) is 0 Å². The van der Waals surface area contributed by atoms with Crippen molar-refractivity contribution < 1.29 is 13.7 Å². The number of amides is 2. The predicted octanol–water partition coefficient (Wildman–Crippen LogP) is 2.20. The number of hydrogen-bond donors (Lipinski definition) is 2. The Bertz CT molecular complexity index is 850. The van der Waals surface area contributed by atoms with Crippen molar-refractivity contribution in [2.75, 3.05) is 30.8 Å². The number of ether oxygens (including phenoxy) is 1. The normalized spacial score (nSPS) is 28.5. The van der Waals surface area contributed by atoms with Gasteiger partial charge in [-0.2, -0.15) is 0 Å². The number of nitrogens with one attached hydrogen (secondary N) is 2. The van der Waals surface area contributed by atoms with Crippen LogP contribution >= 0.6 is 0 Å². The molecule has 2 aliphatic heterocycles. The number of carbonyl (C=O) groups excluding carboxylic acids is 1. The maximum absolute atomic E-state index is 12.9. The molecule has 0 bridgehead atoms.